The molecule has 0 unspecified atom stereocenters. The second kappa shape index (κ2) is 6.43. The van der Waals surface area contributed by atoms with Crippen LogP contribution in [-0.4, -0.2) is 18.2 Å². The first-order chi connectivity index (χ1) is 10.7. The minimum absolute atomic E-state index is 0.124. The second-order valence-electron chi connectivity index (χ2n) is 5.46. The molecule has 112 valence electrons. The Morgan fingerprint density at radius 3 is 2.95 bits per heavy atom. The largest absolute Gasteiger partial charge is 0.490 e. The molecule has 22 heavy (non-hydrogen) atoms. The quantitative estimate of drug-likeness (QED) is 0.696. The maximum atomic E-state index is 11.8. The smallest absolute Gasteiger partial charge is 0.244 e. The molecule has 2 aromatic carbocycles. The summed E-state index contributed by atoms with van der Waals surface area (Å²) < 4.78 is 5.66. The molecule has 0 aromatic heterocycles. The molecule has 0 aliphatic carbocycles. The molecule has 0 fully saturated rings. The summed E-state index contributed by atoms with van der Waals surface area (Å²) in [5.74, 6) is 0.818. The Bertz CT molecular complexity index is 695. The monoisotopic (exact) mass is 294 g/mol. The van der Waals surface area contributed by atoms with E-state index in [-0.39, 0.29) is 12.0 Å². The van der Waals surface area contributed by atoms with Gasteiger partial charge >= 0.3 is 0 Å². The molecule has 1 aliphatic rings. The molecule has 1 aliphatic heterocycles. The van der Waals surface area contributed by atoms with Crippen LogP contribution in [0.5, 0.6) is 5.75 Å². The van der Waals surface area contributed by atoms with Gasteiger partial charge in [-0.2, -0.15) is 5.10 Å². The number of benzene rings is 2. The van der Waals surface area contributed by atoms with Crippen molar-refractivity contribution in [3.05, 3.63) is 65.2 Å². The summed E-state index contributed by atoms with van der Waals surface area (Å²) in [5.41, 5.74) is 5.67. The SMILES string of the molecule is C[C@@H]1Cc2cc(/C=N/NC(=O)Cc3ccccc3)ccc2O1. The molecular formula is C18H18N2O2. The number of nitrogens with zero attached hydrogens (tertiary/aromatic N) is 1. The Morgan fingerprint density at radius 1 is 1.32 bits per heavy atom. The highest BCUT2D eigenvalue weighted by atomic mass is 16.5. The average Bonchev–Trinajstić information content (AvgIpc) is 2.87. The van der Waals surface area contributed by atoms with Gasteiger partial charge in [-0.1, -0.05) is 30.3 Å². The molecule has 0 radical (unpaired) electrons. The number of fused-ring (bicyclic) bond motifs is 1. The van der Waals surface area contributed by atoms with Gasteiger partial charge in [0.1, 0.15) is 11.9 Å². The van der Waals surface area contributed by atoms with E-state index in [0.717, 1.165) is 23.3 Å². The Hall–Kier alpha value is -2.62. The zero-order valence-electron chi connectivity index (χ0n) is 12.5. The maximum Gasteiger partial charge on any atom is 0.244 e. The Morgan fingerprint density at radius 2 is 2.14 bits per heavy atom. The fourth-order valence-electron chi connectivity index (χ4n) is 2.52. The van der Waals surface area contributed by atoms with Crippen molar-refractivity contribution >= 4 is 12.1 Å². The number of hydrazone groups is 1. The van der Waals surface area contributed by atoms with Gasteiger partial charge in [-0.25, -0.2) is 5.43 Å². The lowest BCUT2D eigenvalue weighted by molar-refractivity contribution is -0.120. The molecule has 0 saturated carbocycles. The van der Waals surface area contributed by atoms with E-state index in [4.69, 9.17) is 4.74 Å². The molecule has 3 rings (SSSR count). The third-order valence-corrected chi connectivity index (χ3v) is 3.53. The summed E-state index contributed by atoms with van der Waals surface area (Å²) in [6.07, 6.45) is 3.13. The standard InChI is InChI=1S/C18H18N2O2/c1-13-9-16-10-15(7-8-17(16)22-13)12-19-20-18(21)11-14-5-3-2-4-6-14/h2-8,10,12-13H,9,11H2,1H3,(H,20,21)/b19-12+/t13-/m1/s1. The molecule has 1 N–H and O–H groups in total. The molecular weight excluding hydrogens is 276 g/mol. The van der Waals surface area contributed by atoms with Crippen molar-refractivity contribution in [1.29, 1.82) is 0 Å². The van der Waals surface area contributed by atoms with Crippen LogP contribution in [0.15, 0.2) is 53.6 Å². The van der Waals surface area contributed by atoms with Crippen LogP contribution in [0.4, 0.5) is 0 Å². The third kappa shape index (κ3) is 3.52. The number of rotatable bonds is 4. The Kier molecular flexibility index (Phi) is 4.19. The number of carbonyl (C=O) groups is 1. The number of ether oxygens (including phenoxy) is 1. The molecule has 4 nitrogen and oxygen atoms in total. The first-order valence-electron chi connectivity index (χ1n) is 7.36. The van der Waals surface area contributed by atoms with Crippen LogP contribution in [0.2, 0.25) is 0 Å². The highest BCUT2D eigenvalue weighted by molar-refractivity contribution is 5.83. The minimum Gasteiger partial charge on any atom is -0.490 e. The lowest BCUT2D eigenvalue weighted by Crippen LogP contribution is -2.19. The molecule has 1 atom stereocenters. The molecule has 0 saturated heterocycles. The third-order valence-electron chi connectivity index (χ3n) is 3.53. The molecule has 0 bridgehead atoms. The van der Waals surface area contributed by atoms with E-state index in [2.05, 4.69) is 17.5 Å². The van der Waals surface area contributed by atoms with E-state index in [9.17, 15) is 4.79 Å². The van der Waals surface area contributed by atoms with Gasteiger partial charge in [0.05, 0.1) is 12.6 Å². The van der Waals surface area contributed by atoms with E-state index < -0.39 is 0 Å². The maximum absolute atomic E-state index is 11.8. The number of hydrogen-bond donors (Lipinski definition) is 1. The summed E-state index contributed by atoms with van der Waals surface area (Å²) >= 11 is 0. The molecule has 1 amide bonds. The molecule has 1 heterocycles. The van der Waals surface area contributed by atoms with Gasteiger partial charge in [0.15, 0.2) is 0 Å². The van der Waals surface area contributed by atoms with Crippen LogP contribution in [0.1, 0.15) is 23.6 Å². The normalized spacial score (nSPS) is 16.3. The topological polar surface area (TPSA) is 50.7 Å². The van der Waals surface area contributed by atoms with Crippen LogP contribution in [-0.2, 0) is 17.6 Å². The lowest BCUT2D eigenvalue weighted by atomic mass is 10.1. The number of carbonyl (C=O) groups excluding carboxylic acids is 1. The van der Waals surface area contributed by atoms with Crippen molar-refractivity contribution in [1.82, 2.24) is 5.43 Å². The summed E-state index contributed by atoms with van der Waals surface area (Å²) in [7, 11) is 0. The van der Waals surface area contributed by atoms with E-state index >= 15 is 0 Å². The summed E-state index contributed by atoms with van der Waals surface area (Å²) in [5, 5.41) is 4.02. The first-order valence-corrected chi connectivity index (χ1v) is 7.36. The highest BCUT2D eigenvalue weighted by Gasteiger charge is 2.18. The van der Waals surface area contributed by atoms with E-state index in [1.54, 1.807) is 6.21 Å². The van der Waals surface area contributed by atoms with Crippen LogP contribution in [0.25, 0.3) is 0 Å². The zero-order valence-corrected chi connectivity index (χ0v) is 12.5. The summed E-state index contributed by atoms with van der Waals surface area (Å²) in [6.45, 7) is 2.05. The van der Waals surface area contributed by atoms with Gasteiger partial charge < -0.3 is 4.74 Å². The molecule has 4 heteroatoms. The van der Waals surface area contributed by atoms with Crippen LogP contribution < -0.4 is 10.2 Å². The van der Waals surface area contributed by atoms with E-state index in [1.165, 1.54) is 5.56 Å². The van der Waals surface area contributed by atoms with E-state index in [1.807, 2.05) is 48.5 Å². The number of nitrogens with one attached hydrogen (secondary N) is 1. The minimum atomic E-state index is -0.124. The Balaban J connectivity index is 1.56. The van der Waals surface area contributed by atoms with Crippen molar-refractivity contribution < 1.29 is 9.53 Å². The molecule has 2 aromatic rings. The zero-order chi connectivity index (χ0) is 15.4. The first kappa shape index (κ1) is 14.3. The van der Waals surface area contributed by atoms with Crippen molar-refractivity contribution in [3.63, 3.8) is 0 Å². The summed E-state index contributed by atoms with van der Waals surface area (Å²) in [6, 6.07) is 15.5. The lowest BCUT2D eigenvalue weighted by Gasteiger charge is -2.02. The molecule has 0 spiro atoms. The van der Waals surface area contributed by atoms with Gasteiger partial charge in [-0.05, 0) is 41.8 Å². The van der Waals surface area contributed by atoms with E-state index in [0.29, 0.717) is 6.42 Å². The van der Waals surface area contributed by atoms with Gasteiger partial charge in [-0.3, -0.25) is 4.79 Å². The average molecular weight is 294 g/mol. The van der Waals surface area contributed by atoms with Gasteiger partial charge in [0.2, 0.25) is 5.91 Å². The van der Waals surface area contributed by atoms with Crippen LogP contribution >= 0.6 is 0 Å². The summed E-state index contributed by atoms with van der Waals surface area (Å²) in [4.78, 5) is 11.8. The van der Waals surface area contributed by atoms with Gasteiger partial charge in [0.25, 0.3) is 0 Å². The van der Waals surface area contributed by atoms with Crippen molar-refractivity contribution in [2.24, 2.45) is 5.10 Å². The van der Waals surface area contributed by atoms with Gasteiger partial charge in [-0.15, -0.1) is 0 Å². The van der Waals surface area contributed by atoms with Crippen LogP contribution in [0, 0.1) is 0 Å². The second-order valence-corrected chi connectivity index (χ2v) is 5.46. The fraction of sp³-hybridized carbons (Fsp3) is 0.222. The van der Waals surface area contributed by atoms with Crippen molar-refractivity contribution in [2.45, 2.75) is 25.9 Å². The van der Waals surface area contributed by atoms with Crippen LogP contribution in [0.3, 0.4) is 0 Å². The van der Waals surface area contributed by atoms with Crippen molar-refractivity contribution in [3.8, 4) is 5.75 Å². The fourth-order valence-corrected chi connectivity index (χ4v) is 2.52. The predicted octanol–water partition coefficient (Wildman–Crippen LogP) is 2.70. The van der Waals surface area contributed by atoms with Gasteiger partial charge in [0, 0.05) is 6.42 Å². The predicted molar refractivity (Wildman–Crippen MR) is 86.1 cm³/mol. The number of amides is 1. The van der Waals surface area contributed by atoms with Crippen molar-refractivity contribution in [2.75, 3.05) is 0 Å². The Labute approximate surface area is 129 Å². The highest BCUT2D eigenvalue weighted by Crippen LogP contribution is 2.28. The number of hydrogen-bond acceptors (Lipinski definition) is 3.